The number of nitrogens with one attached hydrogen (secondary N) is 1. The molecule has 0 spiro atoms. The lowest BCUT2D eigenvalue weighted by Gasteiger charge is -2.19. The fourth-order valence-corrected chi connectivity index (χ4v) is 3.23. The molecule has 0 aromatic heterocycles. The fourth-order valence-electron chi connectivity index (χ4n) is 1.94. The molecule has 0 saturated carbocycles. The molecule has 0 saturated heterocycles. The molecule has 0 aliphatic rings. The van der Waals surface area contributed by atoms with E-state index in [4.69, 9.17) is 5.73 Å². The second-order valence-electron chi connectivity index (χ2n) is 5.32. The van der Waals surface area contributed by atoms with Crippen molar-refractivity contribution in [2.24, 2.45) is 11.7 Å². The molecular formula is C13H19ClF4N2O2S. The average molecular weight is 379 g/mol. The molecule has 1 aromatic rings. The summed E-state index contributed by atoms with van der Waals surface area (Å²) in [5.74, 6) is -1.38. The van der Waals surface area contributed by atoms with Gasteiger partial charge in [-0.1, -0.05) is 13.8 Å². The van der Waals surface area contributed by atoms with Crippen molar-refractivity contribution >= 4 is 22.4 Å². The molecule has 1 rings (SSSR count). The number of halogens is 5. The van der Waals surface area contributed by atoms with Crippen LogP contribution in [-0.4, -0.2) is 21.0 Å². The van der Waals surface area contributed by atoms with Gasteiger partial charge in [0.1, 0.15) is 5.82 Å². The Bertz CT molecular complexity index is 621. The fraction of sp³-hybridized carbons (Fsp3) is 0.538. The van der Waals surface area contributed by atoms with Crippen molar-refractivity contribution < 1.29 is 26.0 Å². The molecule has 1 atom stereocenters. The van der Waals surface area contributed by atoms with Crippen molar-refractivity contribution in [1.82, 2.24) is 4.72 Å². The molecule has 0 heterocycles. The lowest BCUT2D eigenvalue weighted by Crippen LogP contribution is -2.41. The standard InChI is InChI=1S/C13H18F4N2O2S.ClH/c1-8(2)5-9(7-18)19-22(20,21)10-3-4-12(14)11(6-10)13(15,16)17;/h3-4,6,8-9,19H,5,7,18H2,1-2H3;1H. The first-order valence-corrected chi connectivity index (χ1v) is 8.05. The number of nitrogens with two attached hydrogens (primary N) is 1. The maximum absolute atomic E-state index is 13.2. The predicted molar refractivity (Wildman–Crippen MR) is 81.3 cm³/mol. The molecule has 0 aliphatic heterocycles. The molecule has 134 valence electrons. The Morgan fingerprint density at radius 1 is 1.26 bits per heavy atom. The monoisotopic (exact) mass is 378 g/mol. The Morgan fingerprint density at radius 3 is 2.26 bits per heavy atom. The van der Waals surface area contributed by atoms with Gasteiger partial charge < -0.3 is 5.73 Å². The average Bonchev–Trinajstić information content (AvgIpc) is 2.35. The summed E-state index contributed by atoms with van der Waals surface area (Å²) in [5, 5.41) is 0. The van der Waals surface area contributed by atoms with Crippen molar-refractivity contribution in [3.05, 3.63) is 29.6 Å². The minimum absolute atomic E-state index is 0. The first-order valence-electron chi connectivity index (χ1n) is 6.56. The summed E-state index contributed by atoms with van der Waals surface area (Å²) >= 11 is 0. The molecule has 10 heteroatoms. The van der Waals surface area contributed by atoms with Crippen molar-refractivity contribution in [3.63, 3.8) is 0 Å². The Hall–Kier alpha value is -0.900. The van der Waals surface area contributed by atoms with Crippen molar-refractivity contribution in [3.8, 4) is 0 Å². The zero-order chi connectivity index (χ0) is 17.1. The van der Waals surface area contributed by atoms with Gasteiger partial charge in [0.05, 0.1) is 10.5 Å². The summed E-state index contributed by atoms with van der Waals surface area (Å²) in [4.78, 5) is -0.650. The summed E-state index contributed by atoms with van der Waals surface area (Å²) in [6.45, 7) is 3.72. The predicted octanol–water partition coefficient (Wildman–Crippen LogP) is 2.92. The molecule has 0 radical (unpaired) electrons. The van der Waals surface area contributed by atoms with Gasteiger partial charge in [0.2, 0.25) is 10.0 Å². The van der Waals surface area contributed by atoms with Gasteiger partial charge in [0, 0.05) is 12.6 Å². The van der Waals surface area contributed by atoms with Crippen molar-refractivity contribution in [2.45, 2.75) is 37.4 Å². The highest BCUT2D eigenvalue weighted by atomic mass is 35.5. The van der Waals surface area contributed by atoms with Crippen LogP contribution in [0, 0.1) is 11.7 Å². The third kappa shape index (κ3) is 6.25. The van der Waals surface area contributed by atoms with Crippen molar-refractivity contribution in [1.29, 1.82) is 0 Å². The summed E-state index contributed by atoms with van der Waals surface area (Å²) in [6.07, 6.45) is -4.54. The molecular weight excluding hydrogens is 360 g/mol. The molecule has 0 aliphatic carbocycles. The largest absolute Gasteiger partial charge is 0.419 e. The van der Waals surface area contributed by atoms with Gasteiger partial charge >= 0.3 is 6.18 Å². The van der Waals surface area contributed by atoms with Gasteiger partial charge in [-0.2, -0.15) is 13.2 Å². The zero-order valence-electron chi connectivity index (χ0n) is 12.5. The van der Waals surface area contributed by atoms with Crippen LogP contribution in [0.4, 0.5) is 17.6 Å². The number of sulfonamides is 1. The number of hydrogen-bond donors (Lipinski definition) is 2. The number of rotatable bonds is 6. The summed E-state index contributed by atoms with van der Waals surface area (Å²) in [6, 6.07) is 0.942. The Kier molecular flexibility index (Phi) is 7.95. The van der Waals surface area contributed by atoms with Crippen LogP contribution in [0.25, 0.3) is 0 Å². The molecule has 0 fully saturated rings. The number of hydrogen-bond acceptors (Lipinski definition) is 3. The molecule has 4 nitrogen and oxygen atoms in total. The van der Waals surface area contributed by atoms with Crippen LogP contribution in [0.2, 0.25) is 0 Å². The lowest BCUT2D eigenvalue weighted by atomic mass is 10.1. The SMILES string of the molecule is CC(C)CC(CN)NS(=O)(=O)c1ccc(F)c(C(F)(F)F)c1.Cl. The van der Waals surface area contributed by atoms with Gasteiger partial charge in [0.25, 0.3) is 0 Å². The smallest absolute Gasteiger partial charge is 0.329 e. The van der Waals surface area contributed by atoms with Crippen LogP contribution < -0.4 is 10.5 Å². The summed E-state index contributed by atoms with van der Waals surface area (Å²) in [5.41, 5.74) is 3.84. The van der Waals surface area contributed by atoms with E-state index in [-0.39, 0.29) is 30.9 Å². The van der Waals surface area contributed by atoms with Gasteiger partial charge in [-0.3, -0.25) is 0 Å². The van der Waals surface area contributed by atoms with Crippen LogP contribution >= 0.6 is 12.4 Å². The van der Waals surface area contributed by atoms with E-state index in [1.807, 2.05) is 13.8 Å². The first kappa shape index (κ1) is 22.1. The molecule has 0 bridgehead atoms. The van der Waals surface area contributed by atoms with E-state index in [1.165, 1.54) is 0 Å². The highest BCUT2D eigenvalue weighted by molar-refractivity contribution is 7.89. The topological polar surface area (TPSA) is 72.2 Å². The van der Waals surface area contributed by atoms with Gasteiger partial charge in [-0.15, -0.1) is 12.4 Å². The van der Waals surface area contributed by atoms with E-state index < -0.39 is 38.5 Å². The van der Waals surface area contributed by atoms with E-state index in [2.05, 4.69) is 4.72 Å². The van der Waals surface area contributed by atoms with Gasteiger partial charge in [-0.05, 0) is 30.5 Å². The quantitative estimate of drug-likeness (QED) is 0.747. The Morgan fingerprint density at radius 2 is 1.83 bits per heavy atom. The third-order valence-corrected chi connectivity index (χ3v) is 4.43. The molecule has 3 N–H and O–H groups in total. The number of benzene rings is 1. The maximum atomic E-state index is 13.2. The van der Waals surface area contributed by atoms with E-state index in [9.17, 15) is 26.0 Å². The van der Waals surface area contributed by atoms with Crippen LogP contribution in [0.1, 0.15) is 25.8 Å². The van der Waals surface area contributed by atoms with E-state index in [1.54, 1.807) is 0 Å². The summed E-state index contributed by atoms with van der Waals surface area (Å²) in [7, 11) is -4.21. The highest BCUT2D eigenvalue weighted by Crippen LogP contribution is 2.32. The number of alkyl halides is 3. The van der Waals surface area contributed by atoms with E-state index >= 15 is 0 Å². The van der Waals surface area contributed by atoms with Crippen molar-refractivity contribution in [2.75, 3.05) is 6.54 Å². The van der Waals surface area contributed by atoms with Gasteiger partial charge in [-0.25, -0.2) is 17.5 Å². The van der Waals surface area contributed by atoms with Gasteiger partial charge in [0.15, 0.2) is 0 Å². The van der Waals surface area contributed by atoms with E-state index in [0.29, 0.717) is 12.5 Å². The summed E-state index contributed by atoms with van der Waals surface area (Å²) < 4.78 is 77.6. The third-order valence-electron chi connectivity index (χ3n) is 2.92. The normalized spacial score (nSPS) is 13.7. The molecule has 1 aromatic carbocycles. The molecule has 1 unspecified atom stereocenters. The second-order valence-corrected chi connectivity index (χ2v) is 7.04. The van der Waals surface area contributed by atoms with Crippen LogP contribution in [-0.2, 0) is 16.2 Å². The molecule has 0 amide bonds. The van der Waals surface area contributed by atoms with Crippen LogP contribution in [0.3, 0.4) is 0 Å². The Labute approximate surface area is 138 Å². The van der Waals surface area contributed by atoms with Crippen LogP contribution in [0.15, 0.2) is 23.1 Å². The first-order chi connectivity index (χ1) is 9.97. The maximum Gasteiger partial charge on any atom is 0.419 e. The minimum atomic E-state index is -4.97. The van der Waals surface area contributed by atoms with E-state index in [0.717, 1.165) is 6.07 Å². The minimum Gasteiger partial charge on any atom is -0.329 e. The van der Waals surface area contributed by atoms with Crippen LogP contribution in [0.5, 0.6) is 0 Å². The molecule has 23 heavy (non-hydrogen) atoms. The highest BCUT2D eigenvalue weighted by Gasteiger charge is 2.35. The lowest BCUT2D eigenvalue weighted by molar-refractivity contribution is -0.140. The zero-order valence-corrected chi connectivity index (χ0v) is 14.2. The Balaban J connectivity index is 0.00000484. The second kappa shape index (κ2) is 8.27.